The molecule has 0 aliphatic carbocycles. The number of hydrogen-bond acceptors (Lipinski definition) is 8. The van der Waals surface area contributed by atoms with E-state index >= 15 is 4.39 Å². The number of aromatic amines is 1. The summed E-state index contributed by atoms with van der Waals surface area (Å²) in [5.41, 5.74) is 2.16. The fraction of sp³-hybridized carbons (Fsp3) is 0.500. The van der Waals surface area contributed by atoms with E-state index < -0.39 is 0 Å². The van der Waals surface area contributed by atoms with E-state index in [2.05, 4.69) is 25.8 Å². The Balaban J connectivity index is 1.24. The number of rotatable bonds is 6. The fourth-order valence-corrected chi connectivity index (χ4v) is 7.42. The highest BCUT2D eigenvalue weighted by atomic mass is 32.1. The minimum atomic E-state index is -0.319. The molecule has 6 heterocycles. The summed E-state index contributed by atoms with van der Waals surface area (Å²) in [6, 6.07) is 7.77. The number of likely N-dealkylation sites (tertiary alicyclic amines) is 2. The molecule has 1 aromatic carbocycles. The van der Waals surface area contributed by atoms with E-state index in [0.29, 0.717) is 36.6 Å². The number of anilines is 1. The summed E-state index contributed by atoms with van der Waals surface area (Å²) in [5.74, 6) is 1.25. The van der Waals surface area contributed by atoms with Gasteiger partial charge in [-0.3, -0.25) is 9.80 Å². The second-order valence-corrected chi connectivity index (χ2v) is 11.8. The van der Waals surface area contributed by atoms with Crippen LogP contribution in [0.3, 0.4) is 0 Å². The van der Waals surface area contributed by atoms with Crippen molar-refractivity contribution in [2.75, 3.05) is 64.0 Å². The van der Waals surface area contributed by atoms with Crippen LogP contribution in [-0.4, -0.2) is 95.0 Å². The highest BCUT2D eigenvalue weighted by Gasteiger charge is 2.35. The van der Waals surface area contributed by atoms with Crippen molar-refractivity contribution >= 4 is 38.3 Å². The Hall–Kier alpha value is -2.63. The molecule has 3 aromatic heterocycles. The van der Waals surface area contributed by atoms with Crippen LogP contribution in [0.25, 0.3) is 32.5 Å². The molecule has 0 spiro atoms. The Kier molecular flexibility index (Phi) is 6.53. The molecule has 38 heavy (non-hydrogen) atoms. The molecule has 7 rings (SSSR count). The lowest BCUT2D eigenvalue weighted by atomic mass is 9.89. The third kappa shape index (κ3) is 4.38. The summed E-state index contributed by atoms with van der Waals surface area (Å²) < 4.78 is 21.8. The standard InChI is InChI=1S/C28H33FN6O2S/c29-21-2-3-22-20(4-6-30-22)25(21)27-31-23-14-19(38-26(23)28(32-27)35-10-12-37-13-11-35)16-33-9-5-24(18(15-33)17-36)34-7-1-8-34/h2-4,6,14,18,24,30,36H,1,5,7-13,15-17H2. The molecule has 3 fully saturated rings. The van der Waals surface area contributed by atoms with Gasteiger partial charge in [-0.1, -0.05) is 0 Å². The molecule has 3 aliphatic heterocycles. The normalized spacial score (nSPS) is 23.4. The third-order valence-corrected chi connectivity index (χ3v) is 9.48. The fourth-order valence-electron chi connectivity index (χ4n) is 6.27. The van der Waals surface area contributed by atoms with Gasteiger partial charge in [0.1, 0.15) is 5.82 Å². The quantitative estimate of drug-likeness (QED) is 0.389. The van der Waals surface area contributed by atoms with Crippen LogP contribution in [0.5, 0.6) is 0 Å². The molecule has 200 valence electrons. The van der Waals surface area contributed by atoms with E-state index in [1.165, 1.54) is 30.5 Å². The molecule has 2 unspecified atom stereocenters. The number of ether oxygens (including phenoxy) is 1. The van der Waals surface area contributed by atoms with Crippen molar-refractivity contribution < 1.29 is 14.2 Å². The molecular formula is C28H33FN6O2S. The Labute approximate surface area is 225 Å². The molecular weight excluding hydrogens is 503 g/mol. The van der Waals surface area contributed by atoms with Gasteiger partial charge in [0.2, 0.25) is 0 Å². The van der Waals surface area contributed by atoms with Crippen LogP contribution in [0.1, 0.15) is 17.7 Å². The van der Waals surface area contributed by atoms with Crippen LogP contribution >= 0.6 is 11.3 Å². The molecule has 0 bridgehead atoms. The maximum absolute atomic E-state index is 15.2. The lowest BCUT2D eigenvalue weighted by molar-refractivity contribution is -0.00293. The monoisotopic (exact) mass is 536 g/mol. The number of aromatic nitrogens is 3. The Morgan fingerprint density at radius 2 is 1.97 bits per heavy atom. The van der Waals surface area contributed by atoms with E-state index in [1.54, 1.807) is 17.4 Å². The molecule has 2 atom stereocenters. The number of thiophene rings is 1. The summed E-state index contributed by atoms with van der Waals surface area (Å²) >= 11 is 1.73. The van der Waals surface area contributed by atoms with E-state index in [-0.39, 0.29) is 12.4 Å². The number of fused-ring (bicyclic) bond motifs is 2. The van der Waals surface area contributed by atoms with Crippen LogP contribution in [0.4, 0.5) is 10.2 Å². The Morgan fingerprint density at radius 3 is 2.76 bits per heavy atom. The summed E-state index contributed by atoms with van der Waals surface area (Å²) in [4.78, 5) is 21.5. The van der Waals surface area contributed by atoms with Gasteiger partial charge in [-0.25, -0.2) is 14.4 Å². The minimum absolute atomic E-state index is 0.233. The highest BCUT2D eigenvalue weighted by Crippen LogP contribution is 2.38. The van der Waals surface area contributed by atoms with Gasteiger partial charge in [0, 0.05) is 73.3 Å². The zero-order valence-corrected chi connectivity index (χ0v) is 22.2. The highest BCUT2D eigenvalue weighted by molar-refractivity contribution is 7.19. The summed E-state index contributed by atoms with van der Waals surface area (Å²) in [6.45, 7) is 8.11. The topological polar surface area (TPSA) is 80.7 Å². The first-order chi connectivity index (χ1) is 18.7. The van der Waals surface area contributed by atoms with Crippen molar-refractivity contribution in [1.29, 1.82) is 0 Å². The first-order valence-corrected chi connectivity index (χ1v) is 14.5. The Morgan fingerprint density at radius 1 is 1.11 bits per heavy atom. The van der Waals surface area contributed by atoms with Crippen molar-refractivity contribution in [1.82, 2.24) is 24.8 Å². The number of piperidine rings is 1. The van der Waals surface area contributed by atoms with Crippen molar-refractivity contribution in [2.45, 2.75) is 25.4 Å². The van der Waals surface area contributed by atoms with Crippen LogP contribution < -0.4 is 4.90 Å². The predicted octanol–water partition coefficient (Wildman–Crippen LogP) is 3.70. The number of nitrogens with zero attached hydrogens (tertiary/aromatic N) is 5. The smallest absolute Gasteiger partial charge is 0.165 e. The summed E-state index contributed by atoms with van der Waals surface area (Å²) in [5, 5.41) is 10.9. The second kappa shape index (κ2) is 10.2. The minimum Gasteiger partial charge on any atom is -0.396 e. The number of H-pyrrole nitrogens is 1. The average molecular weight is 537 g/mol. The maximum atomic E-state index is 15.2. The predicted molar refractivity (Wildman–Crippen MR) is 148 cm³/mol. The largest absolute Gasteiger partial charge is 0.396 e. The first-order valence-electron chi connectivity index (χ1n) is 13.6. The molecule has 0 amide bonds. The number of morpholine rings is 1. The number of aliphatic hydroxyl groups is 1. The van der Waals surface area contributed by atoms with Crippen molar-refractivity contribution in [3.8, 4) is 11.4 Å². The average Bonchev–Trinajstić information content (AvgIpc) is 3.55. The van der Waals surface area contributed by atoms with Gasteiger partial charge in [-0.05, 0) is 50.2 Å². The summed E-state index contributed by atoms with van der Waals surface area (Å²) in [7, 11) is 0. The van der Waals surface area contributed by atoms with Gasteiger partial charge in [0.05, 0.1) is 29.0 Å². The molecule has 2 N–H and O–H groups in total. The maximum Gasteiger partial charge on any atom is 0.165 e. The van der Waals surface area contributed by atoms with Crippen LogP contribution in [-0.2, 0) is 11.3 Å². The summed E-state index contributed by atoms with van der Waals surface area (Å²) in [6.07, 6.45) is 4.19. The first kappa shape index (κ1) is 24.4. The van der Waals surface area contributed by atoms with Crippen molar-refractivity contribution in [2.24, 2.45) is 5.92 Å². The van der Waals surface area contributed by atoms with Crippen LogP contribution in [0.2, 0.25) is 0 Å². The second-order valence-electron chi connectivity index (χ2n) is 10.7. The number of hydrogen-bond donors (Lipinski definition) is 2. The van der Waals surface area contributed by atoms with Gasteiger partial charge in [0.15, 0.2) is 11.6 Å². The molecule has 10 heteroatoms. The van der Waals surface area contributed by atoms with E-state index in [4.69, 9.17) is 14.7 Å². The lowest BCUT2D eigenvalue weighted by Gasteiger charge is -2.47. The van der Waals surface area contributed by atoms with E-state index in [1.807, 2.05) is 12.3 Å². The molecule has 8 nitrogen and oxygen atoms in total. The zero-order valence-electron chi connectivity index (χ0n) is 21.4. The molecule has 3 saturated heterocycles. The Bertz CT molecular complexity index is 1450. The van der Waals surface area contributed by atoms with Gasteiger partial charge in [-0.15, -0.1) is 11.3 Å². The number of benzene rings is 1. The molecule has 0 saturated carbocycles. The van der Waals surface area contributed by atoms with Crippen molar-refractivity contribution in [3.05, 3.63) is 41.2 Å². The van der Waals surface area contributed by atoms with Gasteiger partial charge in [0.25, 0.3) is 0 Å². The molecule has 4 aromatic rings. The van der Waals surface area contributed by atoms with Gasteiger partial charge >= 0.3 is 0 Å². The van der Waals surface area contributed by atoms with Crippen LogP contribution in [0, 0.1) is 11.7 Å². The van der Waals surface area contributed by atoms with Gasteiger partial charge in [-0.2, -0.15) is 0 Å². The third-order valence-electron chi connectivity index (χ3n) is 8.37. The van der Waals surface area contributed by atoms with Crippen LogP contribution in [0.15, 0.2) is 30.5 Å². The van der Waals surface area contributed by atoms with Gasteiger partial charge < -0.3 is 19.7 Å². The number of aliphatic hydroxyl groups excluding tert-OH is 1. The zero-order chi connectivity index (χ0) is 25.6. The lowest BCUT2D eigenvalue weighted by Crippen LogP contribution is -2.55. The van der Waals surface area contributed by atoms with E-state index in [0.717, 1.165) is 66.1 Å². The SMILES string of the molecule is OCC1CN(Cc2cc3nc(-c4c(F)ccc5[nH]ccc45)nc(N4CCOCC4)c3s2)CCC1N1CCC1. The van der Waals surface area contributed by atoms with Crippen molar-refractivity contribution in [3.63, 3.8) is 0 Å². The number of halogens is 1. The number of nitrogens with one attached hydrogen (secondary N) is 1. The molecule has 0 radical (unpaired) electrons. The molecule has 3 aliphatic rings. The van der Waals surface area contributed by atoms with E-state index in [9.17, 15) is 5.11 Å².